The number of thioether (sulfide) groups is 1. The number of fused-ring (bicyclic) bond motifs is 9. The molecule has 4 aliphatic rings. The SMILES string of the molecule is Cc1ccc(NC(=O)COc2ccc(Br)cc2[C@H]2c3sc(=O)[nH]c3SC3C2[C@H]2C[C@@H]3C3C(=O)N(c4ccccc4)C(=O)C32)cc1. The first kappa shape index (κ1) is 28.8. The Morgan fingerprint density at radius 3 is 2.49 bits per heavy atom. The van der Waals surface area contributed by atoms with Gasteiger partial charge >= 0.3 is 4.87 Å². The molecule has 2 bridgehead atoms. The van der Waals surface area contributed by atoms with Gasteiger partial charge in [-0.1, -0.05) is 63.2 Å². The van der Waals surface area contributed by atoms with E-state index in [1.807, 2.05) is 79.7 Å². The molecule has 4 aromatic rings. The number of carbonyl (C=O) groups excluding carboxylic acids is 3. The number of aromatic nitrogens is 1. The summed E-state index contributed by atoms with van der Waals surface area (Å²) in [7, 11) is 0. The van der Waals surface area contributed by atoms with Crippen molar-refractivity contribution < 1.29 is 19.1 Å². The molecule has 8 nitrogen and oxygen atoms in total. The summed E-state index contributed by atoms with van der Waals surface area (Å²) in [6.45, 7) is 1.80. The first-order valence-corrected chi connectivity index (χ1v) is 17.4. The zero-order valence-electron chi connectivity index (χ0n) is 24.1. The minimum atomic E-state index is -0.402. The molecule has 0 spiro atoms. The molecule has 2 N–H and O–H groups in total. The van der Waals surface area contributed by atoms with Gasteiger partial charge in [0.15, 0.2) is 6.61 Å². The fourth-order valence-electron chi connectivity index (χ4n) is 8.07. The van der Waals surface area contributed by atoms with Gasteiger partial charge in [-0.2, -0.15) is 0 Å². The summed E-state index contributed by atoms with van der Waals surface area (Å²) in [5, 5.41) is 3.75. The van der Waals surface area contributed by atoms with Crippen LogP contribution in [0.15, 0.2) is 87.1 Å². The summed E-state index contributed by atoms with van der Waals surface area (Å²) >= 11 is 6.47. The third kappa shape index (κ3) is 4.70. The Balaban J connectivity index is 1.14. The molecule has 8 rings (SSSR count). The number of nitrogens with zero attached hydrogens (tertiary/aromatic N) is 1. The van der Waals surface area contributed by atoms with Crippen LogP contribution in [-0.4, -0.2) is 34.6 Å². The first-order chi connectivity index (χ1) is 21.8. The van der Waals surface area contributed by atoms with Gasteiger partial charge in [0.25, 0.3) is 5.91 Å². The van der Waals surface area contributed by atoms with Gasteiger partial charge in [0.05, 0.1) is 22.5 Å². The van der Waals surface area contributed by atoms with Crippen molar-refractivity contribution in [3.63, 3.8) is 0 Å². The van der Waals surface area contributed by atoms with Gasteiger partial charge in [-0.3, -0.25) is 24.1 Å². The number of rotatable bonds is 6. The molecule has 0 radical (unpaired) electrons. The van der Waals surface area contributed by atoms with Crippen molar-refractivity contribution in [3.8, 4) is 5.75 Å². The highest BCUT2D eigenvalue weighted by Gasteiger charge is 2.69. The molecular weight excluding hydrogens is 674 g/mol. The average molecular weight is 703 g/mol. The van der Waals surface area contributed by atoms with Crippen molar-refractivity contribution in [2.45, 2.75) is 29.5 Å². The van der Waals surface area contributed by atoms with Gasteiger partial charge in [-0.15, -0.1) is 11.8 Å². The molecule has 1 saturated heterocycles. The van der Waals surface area contributed by atoms with E-state index < -0.39 is 5.92 Å². The summed E-state index contributed by atoms with van der Waals surface area (Å²) < 4.78 is 7.04. The fourth-order valence-corrected chi connectivity index (χ4v) is 11.3. The average Bonchev–Trinajstić information content (AvgIpc) is 3.77. The standard InChI is InChI=1S/C34H28BrN3O5S2/c1-16-7-10-18(11-8-16)36-24(39)15-43-23-12-9-17(35)13-20(23)25-26-21-14-22(29(26)44-31-30(25)45-34(42)37-31)28-27(21)32(40)38(33(28)41)19-5-3-2-4-6-19/h2-13,21-22,25-29H,14-15H2,1H3,(H,36,39)(H,37,42)/t21-,22-,25-,26?,27?,28?,29?/m1/s1. The Kier molecular flexibility index (Phi) is 7.03. The minimum absolute atomic E-state index is 0.00529. The number of aryl methyl sites for hydroxylation is 1. The molecule has 3 amide bonds. The first-order valence-electron chi connectivity index (χ1n) is 14.9. The normalized spacial score (nSPS) is 27.7. The number of benzene rings is 3. The molecule has 1 aromatic heterocycles. The number of para-hydroxylation sites is 1. The van der Waals surface area contributed by atoms with Crippen molar-refractivity contribution in [1.82, 2.24) is 4.98 Å². The number of H-pyrrole nitrogens is 1. The van der Waals surface area contributed by atoms with Crippen LogP contribution in [0.4, 0.5) is 11.4 Å². The van der Waals surface area contributed by atoms with Gasteiger partial charge in [0, 0.05) is 31.8 Å². The van der Waals surface area contributed by atoms with Crippen LogP contribution in [0.1, 0.15) is 28.3 Å². The van der Waals surface area contributed by atoms with Crippen molar-refractivity contribution in [2.24, 2.45) is 29.6 Å². The highest BCUT2D eigenvalue weighted by molar-refractivity contribution is 9.10. The molecule has 228 valence electrons. The number of aromatic amines is 1. The van der Waals surface area contributed by atoms with Crippen molar-refractivity contribution in [1.29, 1.82) is 0 Å². The van der Waals surface area contributed by atoms with Gasteiger partial charge < -0.3 is 15.0 Å². The van der Waals surface area contributed by atoms with E-state index in [0.717, 1.165) is 31.9 Å². The van der Waals surface area contributed by atoms with E-state index in [9.17, 15) is 19.2 Å². The Labute approximate surface area is 275 Å². The minimum Gasteiger partial charge on any atom is -0.483 e. The van der Waals surface area contributed by atoms with Crippen molar-refractivity contribution in [3.05, 3.63) is 103 Å². The van der Waals surface area contributed by atoms with E-state index in [0.29, 0.717) is 17.1 Å². The zero-order chi connectivity index (χ0) is 31.0. The second-order valence-corrected chi connectivity index (χ2v) is 15.3. The second kappa shape index (κ2) is 11.0. The molecule has 2 aliphatic carbocycles. The zero-order valence-corrected chi connectivity index (χ0v) is 27.3. The van der Waals surface area contributed by atoms with Crippen LogP contribution >= 0.6 is 39.0 Å². The predicted molar refractivity (Wildman–Crippen MR) is 177 cm³/mol. The summed E-state index contributed by atoms with van der Waals surface area (Å²) in [5.74, 6) is -1.00. The Hall–Kier alpha value is -3.67. The maximum atomic E-state index is 14.0. The second-order valence-electron chi connectivity index (χ2n) is 12.2. The fraction of sp³-hybridized carbons (Fsp3) is 0.294. The third-order valence-corrected chi connectivity index (χ3v) is 12.8. The maximum absolute atomic E-state index is 14.0. The molecule has 3 heterocycles. The monoisotopic (exact) mass is 701 g/mol. The lowest BCUT2D eigenvalue weighted by molar-refractivity contribution is -0.123. The molecule has 3 aromatic carbocycles. The molecule has 3 fully saturated rings. The van der Waals surface area contributed by atoms with Crippen LogP contribution in [0.25, 0.3) is 0 Å². The lowest BCUT2D eigenvalue weighted by Crippen LogP contribution is -2.42. The predicted octanol–water partition coefficient (Wildman–Crippen LogP) is 6.20. The number of nitrogens with one attached hydrogen (secondary N) is 2. The van der Waals surface area contributed by atoms with Crippen molar-refractivity contribution >= 4 is 68.1 Å². The Morgan fingerprint density at radius 1 is 1.00 bits per heavy atom. The molecule has 2 aliphatic heterocycles. The molecular formula is C34H28BrN3O5S2. The van der Waals surface area contributed by atoms with E-state index in [2.05, 4.69) is 26.2 Å². The molecule has 45 heavy (non-hydrogen) atoms. The summed E-state index contributed by atoms with van der Waals surface area (Å²) in [4.78, 5) is 58.7. The molecule has 4 unspecified atom stereocenters. The van der Waals surface area contributed by atoms with E-state index in [1.54, 1.807) is 11.8 Å². The van der Waals surface area contributed by atoms with Gasteiger partial charge in [0.2, 0.25) is 11.8 Å². The largest absolute Gasteiger partial charge is 0.483 e. The van der Waals surface area contributed by atoms with Crippen LogP contribution in [0.5, 0.6) is 5.75 Å². The number of thiazole rings is 1. The number of imide groups is 1. The molecule has 7 atom stereocenters. The number of hydrogen-bond donors (Lipinski definition) is 2. The van der Waals surface area contributed by atoms with Crippen LogP contribution in [0, 0.1) is 36.5 Å². The Morgan fingerprint density at radius 2 is 1.73 bits per heavy atom. The quantitative estimate of drug-likeness (QED) is 0.232. The van der Waals surface area contributed by atoms with E-state index in [1.165, 1.54) is 16.2 Å². The summed E-state index contributed by atoms with van der Waals surface area (Å²) in [6, 6.07) is 22.5. The van der Waals surface area contributed by atoms with Crippen LogP contribution in [-0.2, 0) is 14.4 Å². The number of ether oxygens (including phenoxy) is 1. The number of hydrogen-bond acceptors (Lipinski definition) is 7. The molecule has 11 heteroatoms. The van der Waals surface area contributed by atoms with Crippen molar-refractivity contribution in [2.75, 3.05) is 16.8 Å². The highest BCUT2D eigenvalue weighted by Crippen LogP contribution is 2.69. The lowest BCUT2D eigenvalue weighted by Gasteiger charge is -2.43. The smallest absolute Gasteiger partial charge is 0.305 e. The highest BCUT2D eigenvalue weighted by atomic mass is 79.9. The van der Waals surface area contributed by atoms with E-state index in [-0.39, 0.29) is 64.0 Å². The summed E-state index contributed by atoms with van der Waals surface area (Å²) in [5.41, 5.74) is 3.27. The van der Waals surface area contributed by atoms with Crippen LogP contribution in [0.3, 0.4) is 0 Å². The number of halogens is 1. The Bertz CT molecular complexity index is 1910. The van der Waals surface area contributed by atoms with E-state index in [4.69, 9.17) is 4.74 Å². The topological polar surface area (TPSA) is 109 Å². The number of amides is 3. The number of carbonyl (C=O) groups is 3. The van der Waals surface area contributed by atoms with Crippen LogP contribution < -0.4 is 19.8 Å². The lowest BCUT2D eigenvalue weighted by atomic mass is 9.68. The number of anilines is 2. The summed E-state index contributed by atoms with van der Waals surface area (Å²) in [6.07, 6.45) is 0.788. The van der Waals surface area contributed by atoms with Gasteiger partial charge in [-0.05, 0) is 73.6 Å². The maximum Gasteiger partial charge on any atom is 0.305 e. The van der Waals surface area contributed by atoms with E-state index >= 15 is 0 Å². The van der Waals surface area contributed by atoms with Crippen LogP contribution in [0.2, 0.25) is 0 Å². The third-order valence-electron chi connectivity index (χ3n) is 9.74. The van der Waals surface area contributed by atoms with Gasteiger partial charge in [0.1, 0.15) is 5.75 Å². The molecule has 2 saturated carbocycles. The van der Waals surface area contributed by atoms with Gasteiger partial charge in [-0.25, -0.2) is 0 Å².